The lowest BCUT2D eigenvalue weighted by Crippen LogP contribution is -2.07. The molecule has 2 heteroatoms. The lowest BCUT2D eigenvalue weighted by molar-refractivity contribution is 0.238. The second kappa shape index (κ2) is 2.50. The minimum Gasteiger partial charge on any atom is -0.468 e. The van der Waals surface area contributed by atoms with Crippen LogP contribution in [-0.2, 0) is 4.74 Å². The number of hydrogen-bond acceptors (Lipinski definition) is 2. The maximum absolute atomic E-state index is 4.91. The van der Waals surface area contributed by atoms with Crippen LogP contribution in [0.15, 0.2) is 17.6 Å². The van der Waals surface area contributed by atoms with E-state index in [1.807, 2.05) is 6.08 Å². The van der Waals surface area contributed by atoms with Crippen LogP contribution in [0.1, 0.15) is 6.42 Å². The van der Waals surface area contributed by atoms with E-state index in [1.54, 1.807) is 0 Å². The smallest absolute Gasteiger partial charge is 0.273 e. The van der Waals surface area contributed by atoms with Gasteiger partial charge in [0.15, 0.2) is 0 Å². The van der Waals surface area contributed by atoms with E-state index >= 15 is 0 Å². The summed E-state index contributed by atoms with van der Waals surface area (Å²) in [7, 11) is 0. The Morgan fingerprint density at radius 3 is 3.38 bits per heavy atom. The molecule has 1 radical (unpaired) electrons. The molecule has 0 amide bonds. The van der Waals surface area contributed by atoms with Gasteiger partial charge in [-0.15, -0.1) is 6.58 Å². The quantitative estimate of drug-likeness (QED) is 0.483. The van der Waals surface area contributed by atoms with E-state index in [2.05, 4.69) is 18.0 Å². The highest BCUT2D eigenvalue weighted by Crippen LogP contribution is 2.02. The summed E-state index contributed by atoms with van der Waals surface area (Å²) in [6.45, 7) is 4.32. The van der Waals surface area contributed by atoms with Gasteiger partial charge in [-0.25, -0.2) is 4.99 Å². The Morgan fingerprint density at radius 2 is 2.88 bits per heavy atom. The summed E-state index contributed by atoms with van der Waals surface area (Å²) in [6, 6.07) is 0. The summed E-state index contributed by atoms with van der Waals surface area (Å²) in [5, 5.41) is 0. The second-order valence-electron chi connectivity index (χ2n) is 1.70. The zero-order chi connectivity index (χ0) is 5.82. The molecule has 0 N–H and O–H groups in total. The van der Waals surface area contributed by atoms with Gasteiger partial charge in [-0.05, 0) is 0 Å². The van der Waals surface area contributed by atoms with E-state index in [9.17, 15) is 0 Å². The summed E-state index contributed by atoms with van der Waals surface area (Å²) >= 11 is 0. The normalized spacial score (nSPS) is 25.2. The highest BCUT2D eigenvalue weighted by molar-refractivity contribution is 5.48. The van der Waals surface area contributed by atoms with Crippen molar-refractivity contribution >= 4 is 6.40 Å². The Hall–Kier alpha value is -0.790. The first-order valence-electron chi connectivity index (χ1n) is 2.61. The summed E-state index contributed by atoms with van der Waals surface area (Å²) in [6.07, 6.45) is 5.35. The van der Waals surface area contributed by atoms with Gasteiger partial charge in [-0.2, -0.15) is 0 Å². The van der Waals surface area contributed by atoms with E-state index in [-0.39, 0.29) is 6.10 Å². The van der Waals surface area contributed by atoms with Gasteiger partial charge in [0.2, 0.25) is 0 Å². The van der Waals surface area contributed by atoms with Gasteiger partial charge < -0.3 is 4.74 Å². The second-order valence-corrected chi connectivity index (χ2v) is 1.70. The van der Waals surface area contributed by atoms with Crippen molar-refractivity contribution in [2.45, 2.75) is 12.5 Å². The number of hydrogen-bond donors (Lipinski definition) is 0. The SMILES string of the molecule is C=CCC1CN=[C]O1. The van der Waals surface area contributed by atoms with E-state index in [1.165, 1.54) is 0 Å². The van der Waals surface area contributed by atoms with Crippen molar-refractivity contribution in [3.05, 3.63) is 12.7 Å². The highest BCUT2D eigenvalue weighted by Gasteiger charge is 2.09. The lowest BCUT2D eigenvalue weighted by Gasteiger charge is -2.01. The fourth-order valence-corrected chi connectivity index (χ4v) is 0.597. The van der Waals surface area contributed by atoms with E-state index in [0.29, 0.717) is 0 Å². The largest absolute Gasteiger partial charge is 0.468 e. The Kier molecular flexibility index (Phi) is 1.67. The van der Waals surface area contributed by atoms with Crippen LogP contribution in [0.4, 0.5) is 0 Å². The third kappa shape index (κ3) is 1.09. The number of aliphatic imine (C=N–C) groups is 1. The molecule has 0 aromatic heterocycles. The minimum atomic E-state index is 0.215. The molecule has 0 fully saturated rings. The van der Waals surface area contributed by atoms with Crippen LogP contribution in [0, 0.1) is 0 Å². The van der Waals surface area contributed by atoms with E-state index in [0.717, 1.165) is 13.0 Å². The molecule has 0 spiro atoms. The Morgan fingerprint density at radius 1 is 2.00 bits per heavy atom. The highest BCUT2D eigenvalue weighted by atomic mass is 16.5. The molecule has 0 saturated carbocycles. The van der Waals surface area contributed by atoms with Crippen molar-refractivity contribution in [3.63, 3.8) is 0 Å². The molecule has 0 aliphatic carbocycles. The Bertz CT molecular complexity index is 101. The molecular weight excluding hydrogens is 102 g/mol. The summed E-state index contributed by atoms with van der Waals surface area (Å²) in [5.41, 5.74) is 0. The van der Waals surface area contributed by atoms with Crippen molar-refractivity contribution in [2.75, 3.05) is 6.54 Å². The lowest BCUT2D eigenvalue weighted by atomic mass is 10.2. The third-order valence-electron chi connectivity index (χ3n) is 1.01. The zero-order valence-electron chi connectivity index (χ0n) is 4.63. The van der Waals surface area contributed by atoms with Gasteiger partial charge in [-0.1, -0.05) is 6.08 Å². The van der Waals surface area contributed by atoms with E-state index < -0.39 is 0 Å². The molecular formula is C6H8NO. The van der Waals surface area contributed by atoms with Gasteiger partial charge in [0.1, 0.15) is 6.10 Å². The molecule has 0 aromatic carbocycles. The first-order valence-corrected chi connectivity index (χ1v) is 2.61. The molecule has 1 aliphatic rings. The molecule has 0 aromatic rings. The molecule has 0 saturated heterocycles. The molecule has 1 unspecified atom stereocenters. The molecule has 1 rings (SSSR count). The van der Waals surface area contributed by atoms with E-state index in [4.69, 9.17) is 4.74 Å². The Balaban J connectivity index is 2.19. The van der Waals surface area contributed by atoms with Crippen molar-refractivity contribution in [3.8, 4) is 0 Å². The average Bonchev–Trinajstić information content (AvgIpc) is 2.19. The van der Waals surface area contributed by atoms with Gasteiger partial charge in [0.25, 0.3) is 6.40 Å². The van der Waals surface area contributed by atoms with Crippen LogP contribution in [0.2, 0.25) is 0 Å². The van der Waals surface area contributed by atoms with Crippen LogP contribution in [0.5, 0.6) is 0 Å². The fraction of sp³-hybridized carbons (Fsp3) is 0.500. The van der Waals surface area contributed by atoms with Crippen LogP contribution in [0.3, 0.4) is 0 Å². The van der Waals surface area contributed by atoms with Crippen molar-refractivity contribution < 1.29 is 4.74 Å². The van der Waals surface area contributed by atoms with Gasteiger partial charge >= 0.3 is 0 Å². The molecule has 1 atom stereocenters. The topological polar surface area (TPSA) is 21.6 Å². The van der Waals surface area contributed by atoms with Crippen molar-refractivity contribution in [1.29, 1.82) is 0 Å². The first kappa shape index (κ1) is 5.35. The van der Waals surface area contributed by atoms with Crippen LogP contribution < -0.4 is 0 Å². The third-order valence-corrected chi connectivity index (χ3v) is 1.01. The van der Waals surface area contributed by atoms with Gasteiger partial charge in [0.05, 0.1) is 6.54 Å². The number of nitrogens with zero attached hydrogens (tertiary/aromatic N) is 1. The predicted octanol–water partition coefficient (Wildman–Crippen LogP) is 0.867. The fourth-order valence-electron chi connectivity index (χ4n) is 0.597. The minimum absolute atomic E-state index is 0.215. The molecule has 1 aliphatic heterocycles. The van der Waals surface area contributed by atoms with Gasteiger partial charge in [0, 0.05) is 6.42 Å². The molecule has 0 bridgehead atoms. The molecule has 43 valence electrons. The van der Waals surface area contributed by atoms with Crippen LogP contribution in [0.25, 0.3) is 0 Å². The van der Waals surface area contributed by atoms with Gasteiger partial charge in [-0.3, -0.25) is 0 Å². The zero-order valence-corrected chi connectivity index (χ0v) is 4.63. The average molecular weight is 110 g/mol. The number of rotatable bonds is 2. The van der Waals surface area contributed by atoms with Crippen molar-refractivity contribution in [1.82, 2.24) is 0 Å². The summed E-state index contributed by atoms with van der Waals surface area (Å²) in [4.78, 5) is 3.76. The van der Waals surface area contributed by atoms with Crippen LogP contribution >= 0.6 is 0 Å². The maximum Gasteiger partial charge on any atom is 0.273 e. The molecule has 1 heterocycles. The number of ether oxygens (including phenoxy) is 1. The Labute approximate surface area is 48.9 Å². The molecule has 8 heavy (non-hydrogen) atoms. The standard InChI is InChI=1S/C6H8NO/c1-2-3-6-4-7-5-8-6/h2,6H,1,3-4H2. The van der Waals surface area contributed by atoms with Crippen molar-refractivity contribution in [2.24, 2.45) is 4.99 Å². The maximum atomic E-state index is 4.91. The van der Waals surface area contributed by atoms with Crippen LogP contribution in [-0.4, -0.2) is 19.0 Å². The molecule has 2 nitrogen and oxygen atoms in total. The monoisotopic (exact) mass is 110 g/mol. The predicted molar refractivity (Wildman–Crippen MR) is 32.0 cm³/mol. The first-order chi connectivity index (χ1) is 3.93. The summed E-state index contributed by atoms with van der Waals surface area (Å²) in [5.74, 6) is 0. The summed E-state index contributed by atoms with van der Waals surface area (Å²) < 4.78 is 4.91.